The molecular formula is C25H24N4O4. The summed E-state index contributed by atoms with van der Waals surface area (Å²) in [6, 6.07) is 12.4. The molecule has 2 aliphatic rings. The Morgan fingerprint density at radius 1 is 1.15 bits per heavy atom. The van der Waals surface area contributed by atoms with Crippen LogP contribution >= 0.6 is 0 Å². The molecule has 1 amide bonds. The van der Waals surface area contributed by atoms with Crippen LogP contribution in [0, 0.1) is 13.8 Å². The van der Waals surface area contributed by atoms with Crippen LogP contribution in [0.5, 0.6) is 5.75 Å². The van der Waals surface area contributed by atoms with E-state index in [0.717, 1.165) is 11.1 Å². The van der Waals surface area contributed by atoms with Gasteiger partial charge in [-0.05, 0) is 61.7 Å². The molecule has 2 aromatic rings. The Hall–Kier alpha value is -4.20. The highest BCUT2D eigenvalue weighted by Crippen LogP contribution is 2.34. The summed E-state index contributed by atoms with van der Waals surface area (Å²) in [6.45, 7) is 5.52. The van der Waals surface area contributed by atoms with Gasteiger partial charge >= 0.3 is 11.9 Å². The molecule has 1 heterocycles. The van der Waals surface area contributed by atoms with Gasteiger partial charge in [0.15, 0.2) is 11.3 Å². The van der Waals surface area contributed by atoms with Gasteiger partial charge in [-0.1, -0.05) is 36.4 Å². The number of carbonyl (C=O) groups excluding carboxylic acids is 1. The molecule has 2 aromatic carbocycles. The van der Waals surface area contributed by atoms with Crippen LogP contribution < -0.4 is 10.4 Å². The number of carboxylic acid groups (broad SMARTS) is 1. The maximum Gasteiger partial charge on any atom is 0.335 e. The molecule has 3 N–H and O–H groups in total. The Morgan fingerprint density at radius 3 is 2.52 bits per heavy atom. The van der Waals surface area contributed by atoms with E-state index in [1.807, 2.05) is 32.0 Å². The Kier molecular flexibility index (Phi) is 5.59. The molecule has 0 aromatic heterocycles. The molecule has 0 saturated heterocycles. The van der Waals surface area contributed by atoms with Crippen LogP contribution in [-0.2, 0) is 9.59 Å². The third kappa shape index (κ3) is 4.15. The molecule has 8 nitrogen and oxygen atoms in total. The quantitative estimate of drug-likeness (QED) is 0.610. The van der Waals surface area contributed by atoms with Crippen LogP contribution in [0.15, 0.2) is 70.9 Å². The van der Waals surface area contributed by atoms with Crippen molar-refractivity contribution in [2.24, 2.45) is 10.2 Å². The molecule has 1 unspecified atom stereocenters. The summed E-state index contributed by atoms with van der Waals surface area (Å²) in [4.78, 5) is 25.3. The van der Waals surface area contributed by atoms with Crippen LogP contribution in [0.25, 0.3) is 5.57 Å². The first-order valence-corrected chi connectivity index (χ1v) is 10.4. The smallest absolute Gasteiger partial charge is 0.335 e. The van der Waals surface area contributed by atoms with Crippen LogP contribution in [0.1, 0.15) is 30.0 Å². The third-order valence-electron chi connectivity index (χ3n) is 5.58. The fourth-order valence-electron chi connectivity index (χ4n) is 3.98. The normalized spacial score (nSPS) is 21.2. The number of hydrogen-bond donors (Lipinski definition) is 3. The number of aromatic hydroxyl groups is 1. The summed E-state index contributed by atoms with van der Waals surface area (Å²) in [6.07, 6.45) is 4.86. The van der Waals surface area contributed by atoms with Crippen molar-refractivity contribution in [3.8, 4) is 5.75 Å². The molecule has 33 heavy (non-hydrogen) atoms. The summed E-state index contributed by atoms with van der Waals surface area (Å²) in [5, 5.41) is 30.0. The summed E-state index contributed by atoms with van der Waals surface area (Å²) in [7, 11) is 0. The number of phenolic OH excluding ortho intramolecular Hbond substituents is 1. The van der Waals surface area contributed by atoms with Crippen molar-refractivity contribution >= 4 is 34.6 Å². The lowest BCUT2D eigenvalue weighted by atomic mass is 9.84. The first-order chi connectivity index (χ1) is 15.7. The highest BCUT2D eigenvalue weighted by Gasteiger charge is 2.40. The SMILES string of the molecule is CC1=NN(c2cc(C)cc(C)c2)C(=O)C1=NNC1(C(=O)O)C=CC=C(c2ccccc2O)C1. The first kappa shape index (κ1) is 22.0. The number of hydrazone groups is 2. The van der Waals surface area contributed by atoms with E-state index < -0.39 is 17.4 Å². The second-order valence-electron chi connectivity index (χ2n) is 8.24. The highest BCUT2D eigenvalue weighted by molar-refractivity contribution is 6.71. The number of rotatable bonds is 5. The number of carboxylic acids is 1. The number of carbonyl (C=O) groups is 2. The summed E-state index contributed by atoms with van der Waals surface area (Å²) in [5.41, 5.74) is 5.32. The minimum absolute atomic E-state index is 0.0261. The zero-order chi connectivity index (χ0) is 23.8. The molecule has 0 saturated carbocycles. The van der Waals surface area contributed by atoms with E-state index in [1.165, 1.54) is 11.1 Å². The lowest BCUT2D eigenvalue weighted by Crippen LogP contribution is -2.50. The number of aliphatic carboxylic acids is 1. The van der Waals surface area contributed by atoms with Crippen LogP contribution in [0.4, 0.5) is 5.69 Å². The van der Waals surface area contributed by atoms with Gasteiger partial charge in [-0.2, -0.15) is 15.2 Å². The van der Waals surface area contributed by atoms with Gasteiger partial charge in [0.2, 0.25) is 0 Å². The van der Waals surface area contributed by atoms with Gasteiger partial charge < -0.3 is 10.2 Å². The minimum Gasteiger partial charge on any atom is -0.507 e. The van der Waals surface area contributed by atoms with Crippen LogP contribution in [-0.4, -0.2) is 39.1 Å². The molecule has 1 aliphatic carbocycles. The van der Waals surface area contributed by atoms with Crippen molar-refractivity contribution in [2.45, 2.75) is 32.7 Å². The molecule has 1 aliphatic heterocycles. The minimum atomic E-state index is -1.59. The summed E-state index contributed by atoms with van der Waals surface area (Å²) >= 11 is 0. The van der Waals surface area contributed by atoms with Crippen molar-refractivity contribution in [1.29, 1.82) is 0 Å². The number of amides is 1. The molecule has 0 bridgehead atoms. The van der Waals surface area contributed by atoms with Crippen molar-refractivity contribution in [3.05, 3.63) is 77.4 Å². The Balaban J connectivity index is 1.61. The predicted molar refractivity (Wildman–Crippen MR) is 127 cm³/mol. The van der Waals surface area contributed by atoms with E-state index in [2.05, 4.69) is 15.6 Å². The molecule has 168 valence electrons. The van der Waals surface area contributed by atoms with Gasteiger partial charge in [-0.25, -0.2) is 4.79 Å². The molecule has 0 radical (unpaired) electrons. The van der Waals surface area contributed by atoms with Crippen LogP contribution in [0.3, 0.4) is 0 Å². The van der Waals surface area contributed by atoms with Crippen molar-refractivity contribution in [2.75, 3.05) is 5.01 Å². The van der Waals surface area contributed by atoms with Gasteiger partial charge in [0.25, 0.3) is 0 Å². The molecule has 1 atom stereocenters. The zero-order valence-electron chi connectivity index (χ0n) is 18.5. The number of nitrogens with one attached hydrogen (secondary N) is 1. The van der Waals surface area contributed by atoms with Gasteiger partial charge in [0.05, 0.1) is 11.4 Å². The average Bonchev–Trinajstić information content (AvgIpc) is 3.05. The third-order valence-corrected chi connectivity index (χ3v) is 5.58. The maximum absolute atomic E-state index is 13.0. The van der Waals surface area contributed by atoms with E-state index in [9.17, 15) is 19.8 Å². The van der Waals surface area contributed by atoms with E-state index in [0.29, 0.717) is 22.5 Å². The van der Waals surface area contributed by atoms with Crippen LogP contribution in [0.2, 0.25) is 0 Å². The summed E-state index contributed by atoms with van der Waals surface area (Å²) < 4.78 is 0. The standard InChI is InChI=1S/C25H24N4O4/c1-15-11-16(2)13-19(12-15)29-23(31)22(17(3)27-29)26-28-25(24(32)33)10-6-7-18(14-25)20-8-4-5-9-21(20)30/h4-13,28,30H,14H2,1-3H3,(H,32,33). The van der Waals surface area contributed by atoms with Crippen molar-refractivity contribution in [3.63, 3.8) is 0 Å². The molecule has 0 fully saturated rings. The number of nitrogens with zero attached hydrogens (tertiary/aromatic N) is 3. The monoisotopic (exact) mass is 444 g/mol. The maximum atomic E-state index is 13.0. The predicted octanol–water partition coefficient (Wildman–Crippen LogP) is 3.54. The Labute approximate surface area is 191 Å². The van der Waals surface area contributed by atoms with Gasteiger partial charge in [0, 0.05) is 12.0 Å². The second-order valence-corrected chi connectivity index (χ2v) is 8.24. The van der Waals surface area contributed by atoms with Crippen molar-refractivity contribution < 1.29 is 19.8 Å². The Bertz CT molecular complexity index is 1250. The van der Waals surface area contributed by atoms with E-state index >= 15 is 0 Å². The molecular weight excluding hydrogens is 420 g/mol. The number of aryl methyl sites for hydroxylation is 2. The van der Waals surface area contributed by atoms with Gasteiger partial charge in [0.1, 0.15) is 5.75 Å². The number of benzene rings is 2. The van der Waals surface area contributed by atoms with E-state index in [1.54, 1.807) is 43.3 Å². The number of hydrogen-bond acceptors (Lipinski definition) is 6. The number of anilines is 1. The first-order valence-electron chi connectivity index (χ1n) is 10.4. The number of para-hydroxylation sites is 1. The fourth-order valence-corrected chi connectivity index (χ4v) is 3.98. The lowest BCUT2D eigenvalue weighted by Gasteiger charge is -2.29. The lowest BCUT2D eigenvalue weighted by molar-refractivity contribution is -0.142. The topological polar surface area (TPSA) is 115 Å². The Morgan fingerprint density at radius 2 is 1.85 bits per heavy atom. The van der Waals surface area contributed by atoms with E-state index in [-0.39, 0.29) is 17.9 Å². The largest absolute Gasteiger partial charge is 0.507 e. The molecule has 4 rings (SSSR count). The van der Waals surface area contributed by atoms with E-state index in [4.69, 9.17) is 0 Å². The summed E-state index contributed by atoms with van der Waals surface area (Å²) in [5.74, 6) is -1.54. The van der Waals surface area contributed by atoms with Crippen molar-refractivity contribution in [1.82, 2.24) is 5.43 Å². The highest BCUT2D eigenvalue weighted by atomic mass is 16.4. The second kappa shape index (κ2) is 8.38. The average molecular weight is 444 g/mol. The zero-order valence-corrected chi connectivity index (χ0v) is 18.5. The molecule has 8 heteroatoms. The van der Waals surface area contributed by atoms with Gasteiger partial charge in [-0.15, -0.1) is 0 Å². The van der Waals surface area contributed by atoms with Gasteiger partial charge in [-0.3, -0.25) is 10.2 Å². The number of allylic oxidation sites excluding steroid dienone is 2. The molecule has 0 spiro atoms. The fraction of sp³-hybridized carbons (Fsp3) is 0.200. The number of phenols is 1.